The van der Waals surface area contributed by atoms with Gasteiger partial charge in [-0.25, -0.2) is 0 Å². The summed E-state index contributed by atoms with van der Waals surface area (Å²) in [7, 11) is 0. The van der Waals surface area contributed by atoms with Crippen molar-refractivity contribution in [2.75, 3.05) is 26.4 Å². The lowest BCUT2D eigenvalue weighted by Gasteiger charge is -2.08. The summed E-state index contributed by atoms with van der Waals surface area (Å²) in [6.45, 7) is 4.47. The number of hydrogen-bond donors (Lipinski definition) is 2. The highest BCUT2D eigenvalue weighted by atomic mass is 16.5. The molecular formula is C10H22N2O3. The Labute approximate surface area is 91.1 Å². The van der Waals surface area contributed by atoms with E-state index in [1.54, 1.807) is 0 Å². The first kappa shape index (κ1) is 14.3. The molecule has 0 aromatic carbocycles. The quantitative estimate of drug-likeness (QED) is 0.506. The Hall–Kier alpha value is -0.650. The highest BCUT2D eigenvalue weighted by molar-refractivity contribution is 5.79. The van der Waals surface area contributed by atoms with E-state index in [4.69, 9.17) is 20.9 Å². The Morgan fingerprint density at radius 1 is 1.20 bits per heavy atom. The molecule has 0 aromatic rings. The topological polar surface area (TPSA) is 87.6 Å². The van der Waals surface area contributed by atoms with E-state index < -0.39 is 11.9 Å². The van der Waals surface area contributed by atoms with Crippen LogP contribution in [-0.4, -0.2) is 38.4 Å². The normalized spacial score (nSPS) is 12.7. The van der Waals surface area contributed by atoms with Crippen molar-refractivity contribution in [3.8, 4) is 0 Å². The van der Waals surface area contributed by atoms with Gasteiger partial charge in [0.2, 0.25) is 5.91 Å². The molecule has 15 heavy (non-hydrogen) atoms. The van der Waals surface area contributed by atoms with Crippen LogP contribution in [0, 0.1) is 0 Å². The first-order valence-electron chi connectivity index (χ1n) is 5.38. The second-order valence-electron chi connectivity index (χ2n) is 3.38. The Morgan fingerprint density at radius 2 is 1.80 bits per heavy atom. The third-order valence-corrected chi connectivity index (χ3v) is 1.95. The van der Waals surface area contributed by atoms with Crippen LogP contribution in [0.3, 0.4) is 0 Å². The summed E-state index contributed by atoms with van der Waals surface area (Å²) in [5, 5.41) is 0. The van der Waals surface area contributed by atoms with Gasteiger partial charge < -0.3 is 20.9 Å². The molecule has 0 bridgehead atoms. The minimum absolute atomic E-state index is 0.446. The third kappa shape index (κ3) is 9.65. The maximum Gasteiger partial charge on any atom is 0.234 e. The van der Waals surface area contributed by atoms with Crippen LogP contribution in [0.5, 0.6) is 0 Å². The molecule has 0 rings (SSSR count). The van der Waals surface area contributed by atoms with Crippen LogP contribution in [0.25, 0.3) is 0 Å². The van der Waals surface area contributed by atoms with Gasteiger partial charge in [-0.3, -0.25) is 4.79 Å². The number of ether oxygens (including phenoxy) is 2. The zero-order valence-electron chi connectivity index (χ0n) is 9.41. The molecule has 0 spiro atoms. The van der Waals surface area contributed by atoms with Crippen LogP contribution in [0.1, 0.15) is 26.2 Å². The van der Waals surface area contributed by atoms with Crippen LogP contribution in [-0.2, 0) is 14.3 Å². The largest absolute Gasteiger partial charge is 0.379 e. The van der Waals surface area contributed by atoms with E-state index in [2.05, 4.69) is 6.92 Å². The minimum atomic E-state index is -0.606. The lowest BCUT2D eigenvalue weighted by Crippen LogP contribution is -2.37. The molecule has 5 heteroatoms. The lowest BCUT2D eigenvalue weighted by molar-refractivity contribution is -0.119. The molecule has 0 saturated heterocycles. The zero-order valence-corrected chi connectivity index (χ0v) is 9.41. The lowest BCUT2D eigenvalue weighted by atomic mass is 10.2. The molecule has 5 nitrogen and oxygen atoms in total. The van der Waals surface area contributed by atoms with Crippen molar-refractivity contribution in [2.24, 2.45) is 11.5 Å². The van der Waals surface area contributed by atoms with Crippen LogP contribution in [0.2, 0.25) is 0 Å². The molecule has 0 aliphatic heterocycles. The van der Waals surface area contributed by atoms with Gasteiger partial charge in [-0.05, 0) is 12.8 Å². The van der Waals surface area contributed by atoms with Gasteiger partial charge in [0.1, 0.15) is 0 Å². The number of hydrogen-bond acceptors (Lipinski definition) is 4. The highest BCUT2D eigenvalue weighted by Crippen LogP contribution is 1.90. The SMILES string of the molecule is CCCCOCCOCCC(N)C(N)=O. The van der Waals surface area contributed by atoms with Crippen LogP contribution < -0.4 is 11.5 Å². The summed E-state index contributed by atoms with van der Waals surface area (Å²) < 4.78 is 10.5. The van der Waals surface area contributed by atoms with Gasteiger partial charge in [0.25, 0.3) is 0 Å². The van der Waals surface area contributed by atoms with E-state index in [-0.39, 0.29) is 0 Å². The second-order valence-corrected chi connectivity index (χ2v) is 3.38. The summed E-state index contributed by atoms with van der Waals surface area (Å²) in [6.07, 6.45) is 2.67. The Bertz CT molecular complexity index is 165. The van der Waals surface area contributed by atoms with E-state index in [1.807, 2.05) is 0 Å². The van der Waals surface area contributed by atoms with Crippen LogP contribution >= 0.6 is 0 Å². The summed E-state index contributed by atoms with van der Waals surface area (Å²) in [6, 6.07) is -0.606. The molecule has 0 aliphatic carbocycles. The fraction of sp³-hybridized carbons (Fsp3) is 0.900. The maximum atomic E-state index is 10.6. The molecule has 90 valence electrons. The molecule has 1 unspecified atom stereocenters. The maximum absolute atomic E-state index is 10.6. The third-order valence-electron chi connectivity index (χ3n) is 1.95. The van der Waals surface area contributed by atoms with Crippen molar-refractivity contribution in [2.45, 2.75) is 32.2 Å². The standard InChI is InChI=1S/C10H22N2O3/c1-2-3-5-14-7-8-15-6-4-9(11)10(12)13/h9H,2-8,11H2,1H3,(H2,12,13). The van der Waals surface area contributed by atoms with E-state index in [0.717, 1.165) is 19.4 Å². The molecule has 0 aromatic heterocycles. The Balaban J connectivity index is 3.08. The first-order chi connectivity index (χ1) is 7.18. The average Bonchev–Trinajstić information content (AvgIpc) is 2.21. The number of carbonyl (C=O) groups excluding carboxylic acids is 1. The summed E-state index contributed by atoms with van der Waals surface area (Å²) in [4.78, 5) is 10.6. The predicted molar refractivity (Wildman–Crippen MR) is 58.3 cm³/mol. The van der Waals surface area contributed by atoms with Gasteiger partial charge in [-0.15, -0.1) is 0 Å². The fourth-order valence-electron chi connectivity index (χ4n) is 0.921. The van der Waals surface area contributed by atoms with Crippen LogP contribution in [0.4, 0.5) is 0 Å². The molecule has 0 heterocycles. The van der Waals surface area contributed by atoms with E-state index in [1.165, 1.54) is 0 Å². The smallest absolute Gasteiger partial charge is 0.234 e. The molecule has 0 aliphatic rings. The number of unbranched alkanes of at least 4 members (excludes halogenated alkanes) is 1. The first-order valence-corrected chi connectivity index (χ1v) is 5.38. The van der Waals surface area contributed by atoms with Gasteiger partial charge in [0, 0.05) is 13.2 Å². The number of amides is 1. The fourth-order valence-corrected chi connectivity index (χ4v) is 0.921. The van der Waals surface area contributed by atoms with Gasteiger partial charge >= 0.3 is 0 Å². The number of carbonyl (C=O) groups is 1. The molecular weight excluding hydrogens is 196 g/mol. The van der Waals surface area contributed by atoms with Gasteiger partial charge in [0.15, 0.2) is 0 Å². The highest BCUT2D eigenvalue weighted by Gasteiger charge is 2.07. The van der Waals surface area contributed by atoms with Crippen LogP contribution in [0.15, 0.2) is 0 Å². The number of primary amides is 1. The van der Waals surface area contributed by atoms with Crippen molar-refractivity contribution in [1.29, 1.82) is 0 Å². The average molecular weight is 218 g/mol. The second kappa shape index (κ2) is 9.89. The van der Waals surface area contributed by atoms with Gasteiger partial charge in [-0.2, -0.15) is 0 Å². The van der Waals surface area contributed by atoms with E-state index >= 15 is 0 Å². The molecule has 1 amide bonds. The molecule has 4 N–H and O–H groups in total. The Morgan fingerprint density at radius 3 is 2.33 bits per heavy atom. The summed E-state index contributed by atoms with van der Waals surface area (Å²) in [5.41, 5.74) is 10.4. The van der Waals surface area contributed by atoms with Crippen molar-refractivity contribution in [3.05, 3.63) is 0 Å². The van der Waals surface area contributed by atoms with E-state index in [9.17, 15) is 4.79 Å². The summed E-state index contributed by atoms with van der Waals surface area (Å²) in [5.74, 6) is -0.488. The number of nitrogens with two attached hydrogens (primary N) is 2. The monoisotopic (exact) mass is 218 g/mol. The van der Waals surface area contributed by atoms with Gasteiger partial charge in [0.05, 0.1) is 19.3 Å². The molecule has 0 saturated carbocycles. The summed E-state index contributed by atoms with van der Waals surface area (Å²) >= 11 is 0. The van der Waals surface area contributed by atoms with Crippen molar-refractivity contribution >= 4 is 5.91 Å². The Kier molecular flexibility index (Phi) is 9.46. The predicted octanol–water partition coefficient (Wildman–Crippen LogP) is 0.0224. The molecule has 1 atom stereocenters. The zero-order chi connectivity index (χ0) is 11.5. The molecule has 0 radical (unpaired) electrons. The van der Waals surface area contributed by atoms with Gasteiger partial charge in [-0.1, -0.05) is 13.3 Å². The number of rotatable bonds is 10. The van der Waals surface area contributed by atoms with Crippen molar-refractivity contribution < 1.29 is 14.3 Å². The van der Waals surface area contributed by atoms with Crippen molar-refractivity contribution in [3.63, 3.8) is 0 Å². The minimum Gasteiger partial charge on any atom is -0.379 e. The molecule has 0 fully saturated rings. The van der Waals surface area contributed by atoms with Crippen molar-refractivity contribution in [1.82, 2.24) is 0 Å². The van der Waals surface area contributed by atoms with E-state index in [0.29, 0.717) is 26.2 Å².